The van der Waals surface area contributed by atoms with Gasteiger partial charge in [0.1, 0.15) is 5.75 Å². The highest BCUT2D eigenvalue weighted by Crippen LogP contribution is 2.25. The van der Waals surface area contributed by atoms with Crippen LogP contribution in [0.1, 0.15) is 5.56 Å². The Kier molecular flexibility index (Phi) is 6.72. The van der Waals surface area contributed by atoms with E-state index in [9.17, 15) is 21.6 Å². The molecule has 0 aromatic heterocycles. The molecule has 148 valence electrons. The van der Waals surface area contributed by atoms with E-state index in [1.54, 1.807) is 30.3 Å². The summed E-state index contributed by atoms with van der Waals surface area (Å²) in [5.74, 6) is -0.724. The number of nitrogens with zero attached hydrogens (tertiary/aromatic N) is 2. The minimum Gasteiger partial charge on any atom is -0.406 e. The molecular weight excluding hydrogens is 381 g/mol. The maximum absolute atomic E-state index is 12.9. The van der Waals surface area contributed by atoms with Crippen molar-refractivity contribution in [2.75, 3.05) is 31.5 Å². The maximum atomic E-state index is 12.9. The highest BCUT2D eigenvalue weighted by atomic mass is 32.2. The molecule has 2 aromatic rings. The van der Waals surface area contributed by atoms with Crippen molar-refractivity contribution in [2.45, 2.75) is 12.1 Å². The molecule has 0 radical (unpaired) electrons. The highest BCUT2D eigenvalue weighted by Gasteiger charge is 2.31. The molecule has 0 N–H and O–H groups in total. The van der Waals surface area contributed by atoms with Gasteiger partial charge in [-0.15, -0.1) is 13.2 Å². The summed E-state index contributed by atoms with van der Waals surface area (Å²) in [6, 6.07) is 13.5. The second kappa shape index (κ2) is 8.62. The van der Waals surface area contributed by atoms with Crippen LogP contribution >= 0.6 is 0 Å². The van der Waals surface area contributed by atoms with Gasteiger partial charge in [-0.25, -0.2) is 8.42 Å². The van der Waals surface area contributed by atoms with E-state index in [-0.39, 0.29) is 12.3 Å². The molecule has 5 nitrogen and oxygen atoms in total. The first-order valence-electron chi connectivity index (χ1n) is 8.12. The number of benzene rings is 2. The highest BCUT2D eigenvalue weighted by molar-refractivity contribution is 7.92. The SMILES string of the molecule is CN(C)CCN(c1ccccc1)S(=O)(=O)Cc1ccc(OC(F)(F)F)cc1. The van der Waals surface area contributed by atoms with Gasteiger partial charge in [-0.05, 0) is 43.9 Å². The first-order chi connectivity index (χ1) is 12.6. The van der Waals surface area contributed by atoms with Crippen LogP contribution in [-0.4, -0.2) is 46.9 Å². The molecule has 2 rings (SSSR count). The van der Waals surface area contributed by atoms with Crippen molar-refractivity contribution in [3.8, 4) is 5.75 Å². The first-order valence-corrected chi connectivity index (χ1v) is 9.73. The predicted octanol–water partition coefficient (Wildman–Crippen LogP) is 3.48. The van der Waals surface area contributed by atoms with Gasteiger partial charge in [-0.3, -0.25) is 4.31 Å². The maximum Gasteiger partial charge on any atom is 0.573 e. The smallest absolute Gasteiger partial charge is 0.406 e. The number of alkyl halides is 3. The number of para-hydroxylation sites is 1. The summed E-state index contributed by atoms with van der Waals surface area (Å²) >= 11 is 0. The third kappa shape index (κ3) is 6.76. The summed E-state index contributed by atoms with van der Waals surface area (Å²) in [6.45, 7) is 0.779. The Labute approximate surface area is 157 Å². The van der Waals surface area contributed by atoms with Gasteiger partial charge in [0.25, 0.3) is 0 Å². The lowest BCUT2D eigenvalue weighted by atomic mass is 10.2. The van der Waals surface area contributed by atoms with Crippen LogP contribution in [-0.2, 0) is 15.8 Å². The standard InChI is InChI=1S/C18H21F3N2O3S/c1-22(2)12-13-23(16-6-4-3-5-7-16)27(24,25)14-15-8-10-17(11-9-15)26-18(19,20)21/h3-11H,12-14H2,1-2H3. The average molecular weight is 402 g/mol. The normalized spacial score (nSPS) is 12.2. The Morgan fingerprint density at radius 1 is 0.926 bits per heavy atom. The molecule has 0 aliphatic carbocycles. The molecule has 27 heavy (non-hydrogen) atoms. The van der Waals surface area contributed by atoms with Gasteiger partial charge in [0.2, 0.25) is 10.0 Å². The number of likely N-dealkylation sites (N-methyl/N-ethyl adjacent to an activating group) is 1. The zero-order chi connectivity index (χ0) is 20.1. The van der Waals surface area contributed by atoms with Crippen molar-refractivity contribution >= 4 is 15.7 Å². The van der Waals surface area contributed by atoms with Crippen LogP contribution in [0.3, 0.4) is 0 Å². The number of anilines is 1. The van der Waals surface area contributed by atoms with Crippen LogP contribution in [0, 0.1) is 0 Å². The van der Waals surface area contributed by atoms with Gasteiger partial charge >= 0.3 is 6.36 Å². The zero-order valence-electron chi connectivity index (χ0n) is 15.0. The zero-order valence-corrected chi connectivity index (χ0v) is 15.8. The van der Waals surface area contributed by atoms with Gasteiger partial charge in [-0.1, -0.05) is 30.3 Å². The van der Waals surface area contributed by atoms with Crippen molar-refractivity contribution in [3.63, 3.8) is 0 Å². The first kappa shape index (κ1) is 21.0. The van der Waals surface area contributed by atoms with Crippen LogP contribution in [0.2, 0.25) is 0 Å². The number of halogens is 3. The van der Waals surface area contributed by atoms with Gasteiger partial charge in [-0.2, -0.15) is 0 Å². The minimum absolute atomic E-state index is 0.259. The Hall–Kier alpha value is -2.26. The topological polar surface area (TPSA) is 49.9 Å². The summed E-state index contributed by atoms with van der Waals surface area (Å²) in [7, 11) is -0.0436. The fourth-order valence-corrected chi connectivity index (χ4v) is 3.96. The van der Waals surface area contributed by atoms with Crippen molar-refractivity contribution in [1.82, 2.24) is 4.90 Å². The summed E-state index contributed by atoms with van der Waals surface area (Å²) in [5.41, 5.74) is 0.909. The van der Waals surface area contributed by atoms with E-state index in [1.165, 1.54) is 16.4 Å². The fraction of sp³-hybridized carbons (Fsp3) is 0.333. The molecule has 0 fully saturated rings. The Balaban J connectivity index is 2.20. The molecule has 0 heterocycles. The number of hydrogen-bond donors (Lipinski definition) is 0. The van der Waals surface area contributed by atoms with Crippen molar-refractivity contribution in [2.24, 2.45) is 0 Å². The lowest BCUT2D eigenvalue weighted by Crippen LogP contribution is -2.37. The van der Waals surface area contributed by atoms with E-state index in [0.29, 0.717) is 17.8 Å². The quantitative estimate of drug-likeness (QED) is 0.678. The molecule has 9 heteroatoms. The second-order valence-corrected chi connectivity index (χ2v) is 8.05. The molecule has 0 spiro atoms. The van der Waals surface area contributed by atoms with E-state index in [4.69, 9.17) is 0 Å². The van der Waals surface area contributed by atoms with Crippen LogP contribution in [0.25, 0.3) is 0 Å². The van der Waals surface area contributed by atoms with E-state index in [0.717, 1.165) is 12.1 Å². The molecule has 0 aliphatic heterocycles. The lowest BCUT2D eigenvalue weighted by molar-refractivity contribution is -0.274. The molecule has 0 atom stereocenters. The molecule has 0 saturated heterocycles. The Morgan fingerprint density at radius 2 is 1.52 bits per heavy atom. The molecule has 0 aliphatic rings. The fourth-order valence-electron chi connectivity index (χ4n) is 2.39. The van der Waals surface area contributed by atoms with Crippen LogP contribution in [0.4, 0.5) is 18.9 Å². The van der Waals surface area contributed by atoms with E-state index < -0.39 is 22.1 Å². The van der Waals surface area contributed by atoms with Gasteiger partial charge < -0.3 is 9.64 Å². The number of ether oxygens (including phenoxy) is 1. The van der Waals surface area contributed by atoms with Gasteiger partial charge in [0.15, 0.2) is 0 Å². The van der Waals surface area contributed by atoms with E-state index in [2.05, 4.69) is 4.74 Å². The van der Waals surface area contributed by atoms with Crippen molar-refractivity contribution in [3.05, 3.63) is 60.2 Å². The largest absolute Gasteiger partial charge is 0.573 e. The summed E-state index contributed by atoms with van der Waals surface area (Å²) in [6.07, 6.45) is -4.79. The average Bonchev–Trinajstić information content (AvgIpc) is 2.56. The Morgan fingerprint density at radius 3 is 2.04 bits per heavy atom. The van der Waals surface area contributed by atoms with E-state index in [1.807, 2.05) is 19.0 Å². The van der Waals surface area contributed by atoms with Crippen LogP contribution in [0.5, 0.6) is 5.75 Å². The van der Waals surface area contributed by atoms with Crippen LogP contribution in [0.15, 0.2) is 54.6 Å². The Bertz CT molecular complexity index is 823. The molecule has 2 aromatic carbocycles. The van der Waals surface area contributed by atoms with Gasteiger partial charge in [0, 0.05) is 13.1 Å². The summed E-state index contributed by atoms with van der Waals surface area (Å²) in [5, 5.41) is 0. The monoisotopic (exact) mass is 402 g/mol. The predicted molar refractivity (Wildman–Crippen MR) is 98.1 cm³/mol. The molecule has 0 unspecified atom stereocenters. The third-order valence-electron chi connectivity index (χ3n) is 3.64. The summed E-state index contributed by atoms with van der Waals surface area (Å²) < 4.78 is 67.6. The minimum atomic E-state index is -4.79. The van der Waals surface area contributed by atoms with E-state index >= 15 is 0 Å². The molecule has 0 bridgehead atoms. The number of rotatable bonds is 8. The van der Waals surface area contributed by atoms with Crippen molar-refractivity contribution in [1.29, 1.82) is 0 Å². The molecule has 0 saturated carbocycles. The second-order valence-electron chi connectivity index (χ2n) is 6.16. The van der Waals surface area contributed by atoms with Gasteiger partial charge in [0.05, 0.1) is 11.4 Å². The molecular formula is C18H21F3N2O3S. The summed E-state index contributed by atoms with van der Waals surface area (Å²) in [4.78, 5) is 1.87. The number of hydrogen-bond acceptors (Lipinski definition) is 4. The van der Waals surface area contributed by atoms with Crippen LogP contribution < -0.4 is 9.04 Å². The van der Waals surface area contributed by atoms with Crippen molar-refractivity contribution < 1.29 is 26.3 Å². The molecule has 0 amide bonds. The lowest BCUT2D eigenvalue weighted by Gasteiger charge is -2.26. The third-order valence-corrected chi connectivity index (χ3v) is 5.40. The number of sulfonamides is 1.